The molecular formula is C17H12F2N2O2S. The van der Waals surface area contributed by atoms with Crippen molar-refractivity contribution in [3.8, 4) is 5.75 Å². The lowest BCUT2D eigenvalue weighted by atomic mass is 10.2. The molecule has 4 nitrogen and oxygen atoms in total. The van der Waals surface area contributed by atoms with E-state index in [-0.39, 0.29) is 16.8 Å². The molecule has 1 fully saturated rings. The number of amides is 1. The third-order valence-corrected chi connectivity index (χ3v) is 3.59. The van der Waals surface area contributed by atoms with Gasteiger partial charge < -0.3 is 10.1 Å². The zero-order valence-corrected chi connectivity index (χ0v) is 13.1. The number of carbonyl (C=O) groups is 1. The van der Waals surface area contributed by atoms with Crippen molar-refractivity contribution in [3.05, 3.63) is 65.9 Å². The number of para-hydroxylation sites is 1. The summed E-state index contributed by atoms with van der Waals surface area (Å²) in [5, 5.41) is 3.15. The first-order chi connectivity index (χ1) is 11.5. The summed E-state index contributed by atoms with van der Waals surface area (Å²) in [6, 6.07) is 15.0. The summed E-state index contributed by atoms with van der Waals surface area (Å²) in [6.45, 7) is -2.87. The molecule has 1 N–H and O–H groups in total. The molecule has 24 heavy (non-hydrogen) atoms. The summed E-state index contributed by atoms with van der Waals surface area (Å²) in [4.78, 5) is 13.9. The quantitative estimate of drug-likeness (QED) is 0.679. The molecule has 1 amide bonds. The van der Waals surface area contributed by atoms with E-state index in [1.807, 2.05) is 18.2 Å². The normalized spacial score (nSPS) is 16.0. The molecule has 1 heterocycles. The molecule has 0 aromatic heterocycles. The van der Waals surface area contributed by atoms with Crippen LogP contribution in [0.1, 0.15) is 5.56 Å². The van der Waals surface area contributed by atoms with Crippen LogP contribution in [0.15, 0.2) is 60.3 Å². The Balaban J connectivity index is 1.81. The maximum Gasteiger partial charge on any atom is 0.387 e. The molecule has 7 heteroatoms. The van der Waals surface area contributed by atoms with E-state index >= 15 is 0 Å². The molecule has 0 saturated carbocycles. The average Bonchev–Trinajstić information content (AvgIpc) is 2.83. The molecule has 122 valence electrons. The summed E-state index contributed by atoms with van der Waals surface area (Å²) in [5.41, 5.74) is 1.64. The number of anilines is 1. The van der Waals surface area contributed by atoms with Crippen molar-refractivity contribution in [2.24, 2.45) is 0 Å². The summed E-state index contributed by atoms with van der Waals surface area (Å²) in [5.74, 6) is -0.224. The number of carbonyl (C=O) groups excluding carboxylic acids is 1. The van der Waals surface area contributed by atoms with Crippen molar-refractivity contribution in [2.75, 3.05) is 4.90 Å². The molecule has 1 saturated heterocycles. The zero-order chi connectivity index (χ0) is 17.1. The number of nitrogens with one attached hydrogen (secondary N) is 1. The van der Waals surface area contributed by atoms with Crippen LogP contribution in [0.5, 0.6) is 5.75 Å². The lowest BCUT2D eigenvalue weighted by molar-refractivity contribution is -0.113. The SMILES string of the molecule is O=C1/C(=C/c2ccc(OC(F)F)cc2)NC(=S)N1c1ccccc1. The van der Waals surface area contributed by atoms with Crippen LogP contribution in [-0.2, 0) is 4.79 Å². The lowest BCUT2D eigenvalue weighted by Gasteiger charge is -2.13. The zero-order valence-electron chi connectivity index (χ0n) is 12.3. The fourth-order valence-corrected chi connectivity index (χ4v) is 2.56. The highest BCUT2D eigenvalue weighted by atomic mass is 32.1. The Morgan fingerprint density at radius 2 is 1.75 bits per heavy atom. The molecule has 2 aromatic carbocycles. The van der Waals surface area contributed by atoms with Crippen LogP contribution in [0.25, 0.3) is 6.08 Å². The van der Waals surface area contributed by atoms with E-state index < -0.39 is 6.61 Å². The minimum absolute atomic E-state index is 0.0549. The predicted octanol–water partition coefficient (Wildman–Crippen LogP) is 3.55. The minimum atomic E-state index is -2.87. The molecule has 0 spiro atoms. The largest absolute Gasteiger partial charge is 0.435 e. The molecule has 0 radical (unpaired) electrons. The van der Waals surface area contributed by atoms with Gasteiger partial charge in [0.05, 0.1) is 5.69 Å². The number of hydrogen-bond donors (Lipinski definition) is 1. The van der Waals surface area contributed by atoms with E-state index in [0.29, 0.717) is 16.9 Å². The second kappa shape index (κ2) is 6.76. The number of ether oxygens (including phenoxy) is 1. The van der Waals surface area contributed by atoms with Gasteiger partial charge in [0.25, 0.3) is 5.91 Å². The van der Waals surface area contributed by atoms with Gasteiger partial charge in [0.2, 0.25) is 0 Å². The Bertz CT molecular complexity index is 792. The Kier molecular flexibility index (Phi) is 4.52. The van der Waals surface area contributed by atoms with Crippen molar-refractivity contribution in [1.82, 2.24) is 5.32 Å². The van der Waals surface area contributed by atoms with Gasteiger partial charge in [-0.25, -0.2) is 0 Å². The standard InChI is InChI=1S/C17H12F2N2O2S/c18-16(19)23-13-8-6-11(7-9-13)10-14-15(22)21(17(24)20-14)12-4-2-1-3-5-12/h1-10,16H,(H,20,24)/b14-10-. The van der Waals surface area contributed by atoms with Crippen molar-refractivity contribution >= 4 is 35.0 Å². The number of hydrogen-bond acceptors (Lipinski definition) is 3. The van der Waals surface area contributed by atoms with E-state index in [4.69, 9.17) is 12.2 Å². The fraction of sp³-hybridized carbons (Fsp3) is 0.0588. The molecule has 1 aliphatic heterocycles. The second-order valence-electron chi connectivity index (χ2n) is 4.91. The van der Waals surface area contributed by atoms with Crippen LogP contribution in [0.4, 0.5) is 14.5 Å². The van der Waals surface area contributed by atoms with E-state index in [0.717, 1.165) is 0 Å². The Labute approximate surface area is 142 Å². The molecule has 2 aromatic rings. The van der Waals surface area contributed by atoms with Crippen molar-refractivity contribution in [3.63, 3.8) is 0 Å². The van der Waals surface area contributed by atoms with Gasteiger partial charge in [0, 0.05) is 0 Å². The Morgan fingerprint density at radius 1 is 1.08 bits per heavy atom. The fourth-order valence-electron chi connectivity index (χ4n) is 2.26. The minimum Gasteiger partial charge on any atom is -0.435 e. The van der Waals surface area contributed by atoms with Crippen LogP contribution < -0.4 is 15.0 Å². The number of halogens is 2. The Hall–Kier alpha value is -2.80. The highest BCUT2D eigenvalue weighted by molar-refractivity contribution is 7.80. The van der Waals surface area contributed by atoms with Crippen LogP contribution in [0, 0.1) is 0 Å². The number of nitrogens with zero attached hydrogens (tertiary/aromatic N) is 1. The maximum atomic E-state index is 12.5. The van der Waals surface area contributed by atoms with Crippen molar-refractivity contribution in [2.45, 2.75) is 6.61 Å². The average molecular weight is 346 g/mol. The smallest absolute Gasteiger partial charge is 0.387 e. The summed E-state index contributed by atoms with van der Waals surface area (Å²) < 4.78 is 28.6. The molecule has 0 atom stereocenters. The topological polar surface area (TPSA) is 41.6 Å². The molecule has 1 aliphatic rings. The first kappa shape index (κ1) is 16.1. The number of benzene rings is 2. The first-order valence-corrected chi connectivity index (χ1v) is 7.42. The van der Waals surface area contributed by atoms with Gasteiger partial charge in [-0.2, -0.15) is 8.78 Å². The van der Waals surface area contributed by atoms with Gasteiger partial charge >= 0.3 is 6.61 Å². The van der Waals surface area contributed by atoms with Crippen LogP contribution in [0.3, 0.4) is 0 Å². The molecule has 0 bridgehead atoms. The number of thiocarbonyl (C=S) groups is 1. The van der Waals surface area contributed by atoms with Gasteiger partial charge in [0.1, 0.15) is 11.4 Å². The maximum absolute atomic E-state index is 12.5. The lowest BCUT2D eigenvalue weighted by Crippen LogP contribution is -2.30. The third-order valence-electron chi connectivity index (χ3n) is 3.31. The third kappa shape index (κ3) is 3.41. The van der Waals surface area contributed by atoms with E-state index in [2.05, 4.69) is 10.1 Å². The van der Waals surface area contributed by atoms with E-state index in [1.54, 1.807) is 30.3 Å². The first-order valence-electron chi connectivity index (χ1n) is 7.01. The molecule has 0 aliphatic carbocycles. The Morgan fingerprint density at radius 3 is 2.38 bits per heavy atom. The number of rotatable bonds is 4. The number of alkyl halides is 2. The van der Waals surface area contributed by atoms with Crippen molar-refractivity contribution in [1.29, 1.82) is 0 Å². The van der Waals surface area contributed by atoms with Crippen LogP contribution in [0.2, 0.25) is 0 Å². The van der Waals surface area contributed by atoms with E-state index in [1.165, 1.54) is 17.0 Å². The summed E-state index contributed by atoms with van der Waals surface area (Å²) >= 11 is 5.21. The highest BCUT2D eigenvalue weighted by Crippen LogP contribution is 2.23. The van der Waals surface area contributed by atoms with Gasteiger partial charge in [-0.3, -0.25) is 9.69 Å². The predicted molar refractivity (Wildman–Crippen MR) is 90.7 cm³/mol. The van der Waals surface area contributed by atoms with Gasteiger partial charge in [0.15, 0.2) is 5.11 Å². The van der Waals surface area contributed by atoms with Crippen LogP contribution >= 0.6 is 12.2 Å². The van der Waals surface area contributed by atoms with Crippen molar-refractivity contribution < 1.29 is 18.3 Å². The van der Waals surface area contributed by atoms with Gasteiger partial charge in [-0.05, 0) is 48.1 Å². The summed E-state index contributed by atoms with van der Waals surface area (Å²) in [7, 11) is 0. The highest BCUT2D eigenvalue weighted by Gasteiger charge is 2.31. The second-order valence-corrected chi connectivity index (χ2v) is 5.30. The molecular weight excluding hydrogens is 334 g/mol. The van der Waals surface area contributed by atoms with Gasteiger partial charge in [-0.1, -0.05) is 30.3 Å². The van der Waals surface area contributed by atoms with Crippen LogP contribution in [-0.4, -0.2) is 17.6 Å². The van der Waals surface area contributed by atoms with Gasteiger partial charge in [-0.15, -0.1) is 0 Å². The molecule has 3 rings (SSSR count). The monoisotopic (exact) mass is 346 g/mol. The summed E-state index contributed by atoms with van der Waals surface area (Å²) in [6.07, 6.45) is 1.60. The van der Waals surface area contributed by atoms with E-state index in [9.17, 15) is 13.6 Å². The molecule has 0 unspecified atom stereocenters.